The average Bonchev–Trinajstić information content (AvgIpc) is 3.12. The Morgan fingerprint density at radius 1 is 1.48 bits per heavy atom. The molecule has 0 aliphatic carbocycles. The molecule has 0 saturated carbocycles. The van der Waals surface area contributed by atoms with Crippen LogP contribution in [0.25, 0.3) is 5.69 Å². The van der Waals surface area contributed by atoms with E-state index in [-0.39, 0.29) is 24.4 Å². The minimum atomic E-state index is -0.0771. The minimum Gasteiger partial charge on any atom is -0.333 e. The Bertz CT molecular complexity index is 705. The first-order chi connectivity index (χ1) is 10.6. The van der Waals surface area contributed by atoms with Crippen molar-refractivity contribution in [2.75, 3.05) is 13.1 Å². The number of nitrogens with zero attached hydrogens (tertiary/aromatic N) is 4. The fourth-order valence-electron chi connectivity index (χ4n) is 2.86. The van der Waals surface area contributed by atoms with Crippen LogP contribution in [-0.2, 0) is 0 Å². The van der Waals surface area contributed by atoms with Gasteiger partial charge in [0.25, 0.3) is 5.91 Å². The summed E-state index contributed by atoms with van der Waals surface area (Å²) >= 11 is 3.44. The van der Waals surface area contributed by atoms with Gasteiger partial charge in [-0.05, 0) is 38.0 Å². The van der Waals surface area contributed by atoms with Gasteiger partial charge in [0.15, 0.2) is 5.69 Å². The van der Waals surface area contributed by atoms with Gasteiger partial charge in [-0.15, -0.1) is 17.5 Å². The highest BCUT2D eigenvalue weighted by Gasteiger charge is 2.31. The van der Waals surface area contributed by atoms with Gasteiger partial charge in [0.05, 0.1) is 11.4 Å². The van der Waals surface area contributed by atoms with Crippen molar-refractivity contribution in [1.82, 2.24) is 19.9 Å². The number of carbonyl (C=O) groups excluding carboxylic acids is 1. The van der Waals surface area contributed by atoms with Crippen LogP contribution in [0, 0.1) is 6.92 Å². The molecule has 3 rings (SSSR count). The third-order valence-corrected chi connectivity index (χ3v) is 4.55. The van der Waals surface area contributed by atoms with Gasteiger partial charge >= 0.3 is 0 Å². The molecule has 0 bridgehead atoms. The lowest BCUT2D eigenvalue weighted by atomic mass is 10.2. The van der Waals surface area contributed by atoms with E-state index < -0.39 is 0 Å². The summed E-state index contributed by atoms with van der Waals surface area (Å²) in [6.45, 7) is 3.09. The lowest BCUT2D eigenvalue weighted by Crippen LogP contribution is -2.40. The zero-order chi connectivity index (χ0) is 15.7. The first-order valence-electron chi connectivity index (χ1n) is 7.31. The standard InChI is InChI=1S/C15H18BrN5O.ClH/c1-10-14(15(22)20-7-3-6-13(20)9-17)18-19-21(10)12-5-2-4-11(16)8-12;/h2,4-5,8,13H,3,6-7,9,17H2,1H3;1H. The quantitative estimate of drug-likeness (QED) is 0.858. The summed E-state index contributed by atoms with van der Waals surface area (Å²) in [7, 11) is 0. The van der Waals surface area contributed by atoms with Crippen LogP contribution < -0.4 is 5.73 Å². The second kappa shape index (κ2) is 7.42. The van der Waals surface area contributed by atoms with Crippen molar-refractivity contribution < 1.29 is 4.79 Å². The van der Waals surface area contributed by atoms with E-state index in [0.717, 1.165) is 35.2 Å². The molecule has 1 atom stereocenters. The molecule has 1 unspecified atom stereocenters. The van der Waals surface area contributed by atoms with Crippen molar-refractivity contribution in [3.05, 3.63) is 40.1 Å². The van der Waals surface area contributed by atoms with Crippen LogP contribution in [0.5, 0.6) is 0 Å². The molecule has 1 saturated heterocycles. The van der Waals surface area contributed by atoms with Crippen molar-refractivity contribution in [3.8, 4) is 5.69 Å². The molecule has 2 aromatic rings. The zero-order valence-corrected chi connectivity index (χ0v) is 15.2. The number of hydrogen-bond acceptors (Lipinski definition) is 4. The second-order valence-electron chi connectivity index (χ2n) is 5.45. The summed E-state index contributed by atoms with van der Waals surface area (Å²) in [5.41, 5.74) is 7.77. The maximum Gasteiger partial charge on any atom is 0.276 e. The van der Waals surface area contributed by atoms with Crippen LogP contribution >= 0.6 is 28.3 Å². The van der Waals surface area contributed by atoms with Crippen LogP contribution in [0.4, 0.5) is 0 Å². The van der Waals surface area contributed by atoms with E-state index in [1.165, 1.54) is 0 Å². The molecule has 1 aliphatic rings. The predicted octanol–water partition coefficient (Wildman–Crippen LogP) is 2.32. The SMILES string of the molecule is Cc1c(C(=O)N2CCCC2CN)nnn1-c1cccc(Br)c1.Cl. The summed E-state index contributed by atoms with van der Waals surface area (Å²) in [6.07, 6.45) is 1.95. The molecule has 23 heavy (non-hydrogen) atoms. The van der Waals surface area contributed by atoms with Gasteiger partial charge in [0.1, 0.15) is 0 Å². The topological polar surface area (TPSA) is 77.0 Å². The van der Waals surface area contributed by atoms with E-state index >= 15 is 0 Å². The van der Waals surface area contributed by atoms with Gasteiger partial charge < -0.3 is 10.6 Å². The van der Waals surface area contributed by atoms with E-state index in [4.69, 9.17) is 5.73 Å². The molecule has 0 spiro atoms. The van der Waals surface area contributed by atoms with Crippen molar-refractivity contribution in [2.45, 2.75) is 25.8 Å². The first kappa shape index (κ1) is 17.9. The summed E-state index contributed by atoms with van der Waals surface area (Å²) in [5, 5.41) is 8.24. The van der Waals surface area contributed by atoms with Crippen molar-refractivity contribution >= 4 is 34.2 Å². The molecular weight excluding hydrogens is 382 g/mol. The van der Waals surface area contributed by atoms with E-state index in [9.17, 15) is 4.79 Å². The van der Waals surface area contributed by atoms with Gasteiger partial charge in [0, 0.05) is 23.6 Å². The highest BCUT2D eigenvalue weighted by molar-refractivity contribution is 9.10. The Labute approximate surface area is 149 Å². The first-order valence-corrected chi connectivity index (χ1v) is 8.10. The smallest absolute Gasteiger partial charge is 0.276 e. The molecule has 8 heteroatoms. The van der Waals surface area contributed by atoms with E-state index in [0.29, 0.717) is 12.2 Å². The normalized spacial score (nSPS) is 17.2. The summed E-state index contributed by atoms with van der Waals surface area (Å²) in [4.78, 5) is 14.5. The fourth-order valence-corrected chi connectivity index (χ4v) is 3.25. The highest BCUT2D eigenvalue weighted by Crippen LogP contribution is 2.21. The second-order valence-corrected chi connectivity index (χ2v) is 6.36. The molecule has 1 fully saturated rings. The number of halogens is 2. The number of rotatable bonds is 3. The molecule has 2 N–H and O–H groups in total. The zero-order valence-electron chi connectivity index (χ0n) is 12.8. The molecular formula is C15H19BrClN5O. The molecule has 0 radical (unpaired) electrons. The largest absolute Gasteiger partial charge is 0.333 e. The van der Waals surface area contributed by atoms with Crippen LogP contribution in [0.3, 0.4) is 0 Å². The Kier molecular flexibility index (Phi) is 5.78. The van der Waals surface area contributed by atoms with Gasteiger partial charge in [-0.3, -0.25) is 4.79 Å². The van der Waals surface area contributed by atoms with Gasteiger partial charge in [-0.1, -0.05) is 27.2 Å². The summed E-state index contributed by atoms with van der Waals surface area (Å²) < 4.78 is 2.64. The van der Waals surface area contributed by atoms with E-state index in [2.05, 4.69) is 26.2 Å². The number of amides is 1. The number of benzene rings is 1. The highest BCUT2D eigenvalue weighted by atomic mass is 79.9. The van der Waals surface area contributed by atoms with E-state index in [1.54, 1.807) is 4.68 Å². The Morgan fingerprint density at radius 2 is 2.26 bits per heavy atom. The van der Waals surface area contributed by atoms with Crippen molar-refractivity contribution in [2.24, 2.45) is 5.73 Å². The minimum absolute atomic E-state index is 0. The summed E-state index contributed by atoms with van der Waals surface area (Å²) in [5.74, 6) is -0.0771. The molecule has 6 nitrogen and oxygen atoms in total. The van der Waals surface area contributed by atoms with E-state index in [1.807, 2.05) is 36.1 Å². The fraction of sp³-hybridized carbons (Fsp3) is 0.400. The van der Waals surface area contributed by atoms with Gasteiger partial charge in [-0.25, -0.2) is 4.68 Å². The Hall–Kier alpha value is -1.44. The molecule has 1 amide bonds. The number of nitrogens with two attached hydrogens (primary N) is 1. The van der Waals surface area contributed by atoms with Crippen LogP contribution in [0.2, 0.25) is 0 Å². The van der Waals surface area contributed by atoms with Crippen LogP contribution in [0.1, 0.15) is 29.0 Å². The Morgan fingerprint density at radius 3 is 2.96 bits per heavy atom. The maximum atomic E-state index is 12.7. The number of likely N-dealkylation sites (tertiary alicyclic amines) is 1. The van der Waals surface area contributed by atoms with Crippen molar-refractivity contribution in [3.63, 3.8) is 0 Å². The number of hydrogen-bond donors (Lipinski definition) is 1. The summed E-state index contributed by atoms with van der Waals surface area (Å²) in [6, 6.07) is 7.85. The van der Waals surface area contributed by atoms with Gasteiger partial charge in [-0.2, -0.15) is 0 Å². The van der Waals surface area contributed by atoms with Crippen LogP contribution in [-0.4, -0.2) is 44.9 Å². The van der Waals surface area contributed by atoms with Gasteiger partial charge in [0.2, 0.25) is 0 Å². The van der Waals surface area contributed by atoms with Crippen molar-refractivity contribution in [1.29, 1.82) is 0 Å². The monoisotopic (exact) mass is 399 g/mol. The maximum absolute atomic E-state index is 12.7. The molecule has 2 heterocycles. The lowest BCUT2D eigenvalue weighted by molar-refractivity contribution is 0.0734. The third kappa shape index (κ3) is 3.41. The average molecular weight is 401 g/mol. The lowest BCUT2D eigenvalue weighted by Gasteiger charge is -2.22. The van der Waals surface area contributed by atoms with Crippen LogP contribution in [0.15, 0.2) is 28.7 Å². The molecule has 1 aliphatic heterocycles. The molecule has 1 aromatic carbocycles. The molecule has 1 aromatic heterocycles. The predicted molar refractivity (Wildman–Crippen MR) is 94.2 cm³/mol. The number of carbonyl (C=O) groups is 1. The molecule has 124 valence electrons. The Balaban J connectivity index is 0.00000192. The number of aromatic nitrogens is 3. The third-order valence-electron chi connectivity index (χ3n) is 4.06.